The molecule has 1 amide bonds. The highest BCUT2D eigenvalue weighted by Gasteiger charge is 2.27. The zero-order valence-corrected chi connectivity index (χ0v) is 19.5. The summed E-state index contributed by atoms with van der Waals surface area (Å²) in [6, 6.07) is 12.7. The van der Waals surface area contributed by atoms with Crippen molar-refractivity contribution in [2.75, 3.05) is 27.2 Å². The molecule has 6 nitrogen and oxygen atoms in total. The van der Waals surface area contributed by atoms with Gasteiger partial charge in [0.2, 0.25) is 10.0 Å². The number of carbonyl (C=O) groups excluding carboxylic acids is 1. The highest BCUT2D eigenvalue weighted by molar-refractivity contribution is 7.89. The number of hydrogen-bond acceptors (Lipinski definition) is 4. The van der Waals surface area contributed by atoms with E-state index in [1.54, 1.807) is 31.9 Å². The second-order valence-electron chi connectivity index (χ2n) is 7.51. The van der Waals surface area contributed by atoms with Crippen LogP contribution in [0.5, 0.6) is 5.75 Å². The molecule has 0 radical (unpaired) electrons. The molecule has 0 unspecified atom stereocenters. The van der Waals surface area contributed by atoms with E-state index >= 15 is 0 Å². The van der Waals surface area contributed by atoms with Gasteiger partial charge in [0.1, 0.15) is 10.6 Å². The summed E-state index contributed by atoms with van der Waals surface area (Å²) < 4.78 is 32.6. The molecule has 0 aliphatic rings. The Kier molecular flexibility index (Phi) is 8.03. The molecule has 2 aromatic carbocycles. The van der Waals surface area contributed by atoms with E-state index in [0.29, 0.717) is 31.1 Å². The van der Waals surface area contributed by atoms with Crippen molar-refractivity contribution >= 4 is 15.9 Å². The Morgan fingerprint density at radius 3 is 2.13 bits per heavy atom. The minimum atomic E-state index is -3.76. The molecule has 0 aliphatic carbocycles. The minimum Gasteiger partial charge on any atom is -0.495 e. The SMILES string of the molecule is CCN(CC)S(=O)(=O)c1cc(C(=O)N(C)Cc2ccc(C(C)C)cc2)ccc1OC. The molecule has 0 saturated heterocycles. The topological polar surface area (TPSA) is 66.9 Å². The van der Waals surface area contributed by atoms with Crippen LogP contribution >= 0.6 is 0 Å². The third-order valence-corrected chi connectivity index (χ3v) is 7.22. The predicted octanol–water partition coefficient (Wildman–Crippen LogP) is 4.12. The lowest BCUT2D eigenvalue weighted by atomic mass is 10.0. The van der Waals surface area contributed by atoms with E-state index in [1.165, 1.54) is 29.1 Å². The number of nitrogens with zero attached hydrogens (tertiary/aromatic N) is 2. The van der Waals surface area contributed by atoms with Gasteiger partial charge in [0.25, 0.3) is 5.91 Å². The van der Waals surface area contributed by atoms with E-state index < -0.39 is 10.0 Å². The number of methoxy groups -OCH3 is 1. The van der Waals surface area contributed by atoms with Crippen LogP contribution in [-0.2, 0) is 16.6 Å². The Balaban J connectivity index is 2.31. The quantitative estimate of drug-likeness (QED) is 0.598. The summed E-state index contributed by atoms with van der Waals surface area (Å²) in [6.45, 7) is 8.94. The van der Waals surface area contributed by atoms with Gasteiger partial charge >= 0.3 is 0 Å². The molecule has 0 N–H and O–H groups in total. The maximum atomic E-state index is 13.0. The summed E-state index contributed by atoms with van der Waals surface area (Å²) in [5.74, 6) is 0.427. The average molecular weight is 433 g/mol. The van der Waals surface area contributed by atoms with Crippen molar-refractivity contribution in [2.45, 2.75) is 45.1 Å². The third-order valence-electron chi connectivity index (χ3n) is 5.15. The maximum Gasteiger partial charge on any atom is 0.253 e. The van der Waals surface area contributed by atoms with Crippen molar-refractivity contribution in [1.82, 2.24) is 9.21 Å². The fraction of sp³-hybridized carbons (Fsp3) is 0.435. The van der Waals surface area contributed by atoms with Crippen LogP contribution in [0.25, 0.3) is 0 Å². The summed E-state index contributed by atoms with van der Waals surface area (Å²) in [5.41, 5.74) is 2.57. The molecule has 2 rings (SSSR count). The van der Waals surface area contributed by atoms with Crippen LogP contribution in [0.15, 0.2) is 47.4 Å². The van der Waals surface area contributed by atoms with Gasteiger partial charge < -0.3 is 9.64 Å². The lowest BCUT2D eigenvalue weighted by Gasteiger charge is -2.22. The number of benzene rings is 2. The normalized spacial score (nSPS) is 11.7. The number of carbonyl (C=O) groups is 1. The van der Waals surface area contributed by atoms with Gasteiger partial charge in [0, 0.05) is 32.2 Å². The first-order chi connectivity index (χ1) is 14.1. The Morgan fingerprint density at radius 2 is 1.63 bits per heavy atom. The van der Waals surface area contributed by atoms with Crippen molar-refractivity contribution < 1.29 is 17.9 Å². The van der Waals surface area contributed by atoms with Gasteiger partial charge in [-0.05, 0) is 35.2 Å². The standard InChI is InChI=1S/C23H32N2O4S/c1-7-25(8-2)30(27,28)22-15-20(13-14-21(22)29-6)23(26)24(5)16-18-9-11-19(12-10-18)17(3)4/h9-15,17H,7-8,16H2,1-6H3. The van der Waals surface area contributed by atoms with Gasteiger partial charge in [-0.3, -0.25) is 4.79 Å². The Hall–Kier alpha value is -2.38. The summed E-state index contributed by atoms with van der Waals surface area (Å²) in [6.07, 6.45) is 0. The number of rotatable bonds is 9. The number of hydrogen-bond donors (Lipinski definition) is 0. The Morgan fingerprint density at radius 1 is 1.03 bits per heavy atom. The van der Waals surface area contributed by atoms with Crippen LogP contribution in [0.2, 0.25) is 0 Å². The zero-order chi connectivity index (χ0) is 22.5. The van der Waals surface area contributed by atoms with Crippen molar-refractivity contribution in [3.05, 3.63) is 59.2 Å². The summed E-state index contributed by atoms with van der Waals surface area (Å²) in [7, 11) is -0.628. The van der Waals surface area contributed by atoms with E-state index in [2.05, 4.69) is 26.0 Å². The zero-order valence-electron chi connectivity index (χ0n) is 18.7. The summed E-state index contributed by atoms with van der Waals surface area (Å²) in [5, 5.41) is 0. The molecule has 164 valence electrons. The van der Waals surface area contributed by atoms with Crippen molar-refractivity contribution in [2.24, 2.45) is 0 Å². The lowest BCUT2D eigenvalue weighted by molar-refractivity contribution is 0.0785. The van der Waals surface area contributed by atoms with Crippen LogP contribution in [-0.4, -0.2) is 50.8 Å². The highest BCUT2D eigenvalue weighted by Crippen LogP contribution is 2.28. The molecule has 0 atom stereocenters. The molecule has 0 fully saturated rings. The molecule has 0 bridgehead atoms. The summed E-state index contributed by atoms with van der Waals surface area (Å²) in [4.78, 5) is 14.6. The van der Waals surface area contributed by atoms with Gasteiger partial charge in [0.05, 0.1) is 7.11 Å². The highest BCUT2D eigenvalue weighted by atomic mass is 32.2. The van der Waals surface area contributed by atoms with Crippen molar-refractivity contribution in [3.8, 4) is 5.75 Å². The van der Waals surface area contributed by atoms with E-state index in [4.69, 9.17) is 4.74 Å². The first kappa shape index (κ1) is 23.9. The second-order valence-corrected chi connectivity index (χ2v) is 9.42. The average Bonchev–Trinajstić information content (AvgIpc) is 2.73. The fourth-order valence-electron chi connectivity index (χ4n) is 3.29. The fourth-order valence-corrected chi connectivity index (χ4v) is 4.93. The van der Waals surface area contributed by atoms with E-state index in [-0.39, 0.29) is 16.6 Å². The first-order valence-corrected chi connectivity index (χ1v) is 11.6. The number of amides is 1. The monoisotopic (exact) mass is 432 g/mol. The summed E-state index contributed by atoms with van der Waals surface area (Å²) >= 11 is 0. The molecule has 0 spiro atoms. The van der Waals surface area contributed by atoms with Gasteiger partial charge in [0.15, 0.2) is 0 Å². The van der Waals surface area contributed by atoms with Gasteiger partial charge in [-0.2, -0.15) is 4.31 Å². The number of ether oxygens (including phenoxy) is 1. The first-order valence-electron chi connectivity index (χ1n) is 10.2. The van der Waals surface area contributed by atoms with E-state index in [0.717, 1.165) is 5.56 Å². The van der Waals surface area contributed by atoms with Crippen LogP contribution in [0.3, 0.4) is 0 Å². The van der Waals surface area contributed by atoms with Gasteiger partial charge in [-0.25, -0.2) is 8.42 Å². The van der Waals surface area contributed by atoms with Gasteiger partial charge in [-0.15, -0.1) is 0 Å². The maximum absolute atomic E-state index is 13.0. The van der Waals surface area contributed by atoms with Crippen molar-refractivity contribution in [1.29, 1.82) is 0 Å². The molecule has 2 aromatic rings. The van der Waals surface area contributed by atoms with Gasteiger partial charge in [-0.1, -0.05) is 52.0 Å². The molecular formula is C23H32N2O4S. The molecule has 0 saturated carbocycles. The predicted molar refractivity (Wildman–Crippen MR) is 119 cm³/mol. The molecule has 0 aromatic heterocycles. The third kappa shape index (κ3) is 5.21. The molecule has 0 aliphatic heterocycles. The van der Waals surface area contributed by atoms with E-state index in [1.807, 2.05) is 12.1 Å². The molecule has 0 heterocycles. The minimum absolute atomic E-state index is 0.00855. The molecular weight excluding hydrogens is 400 g/mol. The van der Waals surface area contributed by atoms with Crippen LogP contribution in [0, 0.1) is 0 Å². The second kappa shape index (κ2) is 10.1. The van der Waals surface area contributed by atoms with Crippen LogP contribution in [0.4, 0.5) is 0 Å². The Labute approximate surface area is 180 Å². The molecule has 30 heavy (non-hydrogen) atoms. The smallest absolute Gasteiger partial charge is 0.253 e. The van der Waals surface area contributed by atoms with Crippen LogP contribution < -0.4 is 4.74 Å². The lowest BCUT2D eigenvalue weighted by Crippen LogP contribution is -2.31. The largest absolute Gasteiger partial charge is 0.495 e. The van der Waals surface area contributed by atoms with Crippen LogP contribution in [0.1, 0.15) is 55.1 Å². The number of sulfonamides is 1. The van der Waals surface area contributed by atoms with E-state index in [9.17, 15) is 13.2 Å². The Bertz CT molecular complexity index is 965. The molecule has 7 heteroatoms. The van der Waals surface area contributed by atoms with Crippen molar-refractivity contribution in [3.63, 3.8) is 0 Å².